The van der Waals surface area contributed by atoms with E-state index in [1.165, 1.54) is 40.6 Å². The zero-order chi connectivity index (χ0) is 21.1. The molecule has 1 aromatic heterocycles. The standard InChI is InChI=1S/C22H16N4O3S/c1-15-7-12-19-20(13-15)30-22(24-19)25(23-14-16-5-3-2-4-6-16)21(27)17-8-10-18(11-9-17)26(28)29/h2-14H,1H3/b23-14+. The fraction of sp³-hybridized carbons (Fsp3) is 0.0455. The van der Waals surface area contributed by atoms with Crippen molar-refractivity contribution in [3.63, 3.8) is 0 Å². The molecule has 0 N–H and O–H groups in total. The van der Waals surface area contributed by atoms with Gasteiger partial charge in [-0.3, -0.25) is 14.9 Å². The van der Waals surface area contributed by atoms with Crippen LogP contribution in [0, 0.1) is 17.0 Å². The Bertz CT molecular complexity index is 1250. The van der Waals surface area contributed by atoms with E-state index in [0.29, 0.717) is 5.13 Å². The average Bonchev–Trinajstić information content (AvgIpc) is 3.17. The molecule has 0 spiro atoms. The Morgan fingerprint density at radius 2 is 1.83 bits per heavy atom. The van der Waals surface area contributed by atoms with Crippen LogP contribution >= 0.6 is 11.3 Å². The summed E-state index contributed by atoms with van der Waals surface area (Å²) in [4.78, 5) is 28.2. The maximum Gasteiger partial charge on any atom is 0.280 e. The third kappa shape index (κ3) is 4.08. The number of carbonyl (C=O) groups excluding carboxylic acids is 1. The maximum absolute atomic E-state index is 13.2. The van der Waals surface area contributed by atoms with Gasteiger partial charge in [0.05, 0.1) is 21.4 Å². The van der Waals surface area contributed by atoms with Crippen LogP contribution in [0.5, 0.6) is 0 Å². The summed E-state index contributed by atoms with van der Waals surface area (Å²) in [6.45, 7) is 1.99. The molecule has 0 aliphatic heterocycles. The van der Waals surface area contributed by atoms with E-state index in [9.17, 15) is 14.9 Å². The number of non-ortho nitro benzene ring substituents is 1. The number of nitrogens with zero attached hydrogens (tertiary/aromatic N) is 4. The van der Waals surface area contributed by atoms with Crippen molar-refractivity contribution in [3.05, 3.63) is 99.6 Å². The molecule has 1 heterocycles. The molecule has 0 bridgehead atoms. The first-order chi connectivity index (χ1) is 14.5. The number of thiazole rings is 1. The van der Waals surface area contributed by atoms with Gasteiger partial charge >= 0.3 is 0 Å². The van der Waals surface area contributed by atoms with E-state index in [0.717, 1.165) is 21.3 Å². The van der Waals surface area contributed by atoms with E-state index in [4.69, 9.17) is 0 Å². The van der Waals surface area contributed by atoms with Crippen LogP contribution in [-0.2, 0) is 0 Å². The first kappa shape index (κ1) is 19.4. The molecule has 0 saturated carbocycles. The topological polar surface area (TPSA) is 88.7 Å². The van der Waals surface area contributed by atoms with Crippen LogP contribution in [0.4, 0.5) is 10.8 Å². The van der Waals surface area contributed by atoms with Crippen LogP contribution in [-0.4, -0.2) is 22.0 Å². The van der Waals surface area contributed by atoms with Crippen molar-refractivity contribution in [3.8, 4) is 0 Å². The largest absolute Gasteiger partial charge is 0.280 e. The predicted molar refractivity (Wildman–Crippen MR) is 118 cm³/mol. The van der Waals surface area contributed by atoms with Crippen LogP contribution in [0.15, 0.2) is 77.9 Å². The van der Waals surface area contributed by atoms with Crippen molar-refractivity contribution < 1.29 is 9.72 Å². The van der Waals surface area contributed by atoms with Gasteiger partial charge in [-0.05, 0) is 42.3 Å². The summed E-state index contributed by atoms with van der Waals surface area (Å²) in [5, 5.41) is 16.9. The minimum absolute atomic E-state index is 0.0821. The Balaban J connectivity index is 1.74. The number of benzene rings is 3. The van der Waals surface area contributed by atoms with Crippen molar-refractivity contribution in [1.29, 1.82) is 0 Å². The molecular formula is C22H16N4O3S. The highest BCUT2D eigenvalue weighted by molar-refractivity contribution is 7.22. The number of nitro groups is 1. The van der Waals surface area contributed by atoms with Crippen molar-refractivity contribution in [2.75, 3.05) is 5.01 Å². The molecule has 7 nitrogen and oxygen atoms in total. The van der Waals surface area contributed by atoms with Gasteiger partial charge in [-0.2, -0.15) is 10.1 Å². The van der Waals surface area contributed by atoms with E-state index in [1.54, 1.807) is 6.21 Å². The van der Waals surface area contributed by atoms with E-state index in [2.05, 4.69) is 10.1 Å². The fourth-order valence-corrected chi connectivity index (χ4v) is 3.83. The number of aromatic nitrogens is 1. The predicted octanol–water partition coefficient (Wildman–Crippen LogP) is 5.19. The molecule has 4 rings (SSSR count). The molecule has 0 saturated heterocycles. The molecule has 4 aromatic rings. The van der Waals surface area contributed by atoms with Gasteiger partial charge in [0, 0.05) is 17.7 Å². The number of carbonyl (C=O) groups is 1. The number of fused-ring (bicyclic) bond motifs is 1. The molecular weight excluding hydrogens is 400 g/mol. The van der Waals surface area contributed by atoms with Crippen LogP contribution in [0.25, 0.3) is 10.2 Å². The van der Waals surface area contributed by atoms with Crippen LogP contribution < -0.4 is 5.01 Å². The van der Waals surface area contributed by atoms with Crippen LogP contribution in [0.3, 0.4) is 0 Å². The number of amides is 1. The quantitative estimate of drug-likeness (QED) is 0.254. The Kier molecular flexibility index (Phi) is 5.32. The molecule has 0 fully saturated rings. The Hall–Kier alpha value is -3.91. The average molecular weight is 416 g/mol. The van der Waals surface area contributed by atoms with Gasteiger partial charge in [0.25, 0.3) is 11.6 Å². The highest BCUT2D eigenvalue weighted by Crippen LogP contribution is 2.31. The maximum atomic E-state index is 13.2. The second-order valence-corrected chi connectivity index (χ2v) is 7.55. The number of nitro benzene ring substituents is 1. The van der Waals surface area contributed by atoms with E-state index in [1.807, 2.05) is 55.5 Å². The van der Waals surface area contributed by atoms with Gasteiger partial charge in [-0.15, -0.1) is 0 Å². The van der Waals surface area contributed by atoms with E-state index in [-0.39, 0.29) is 11.3 Å². The molecule has 30 heavy (non-hydrogen) atoms. The fourth-order valence-electron chi connectivity index (χ4n) is 2.81. The van der Waals surface area contributed by atoms with Gasteiger partial charge in [0.2, 0.25) is 5.13 Å². The first-order valence-corrected chi connectivity index (χ1v) is 9.88. The lowest BCUT2D eigenvalue weighted by Gasteiger charge is -2.13. The number of rotatable bonds is 5. The van der Waals surface area contributed by atoms with Crippen LogP contribution in [0.2, 0.25) is 0 Å². The van der Waals surface area contributed by atoms with Gasteiger partial charge in [0.15, 0.2) is 0 Å². The van der Waals surface area contributed by atoms with Crippen molar-refractivity contribution >= 4 is 44.5 Å². The van der Waals surface area contributed by atoms with Gasteiger partial charge in [-0.25, -0.2) is 4.98 Å². The molecule has 0 atom stereocenters. The highest BCUT2D eigenvalue weighted by atomic mass is 32.1. The molecule has 3 aromatic carbocycles. The summed E-state index contributed by atoms with van der Waals surface area (Å²) in [6, 6.07) is 20.7. The highest BCUT2D eigenvalue weighted by Gasteiger charge is 2.21. The summed E-state index contributed by atoms with van der Waals surface area (Å²) in [6.07, 6.45) is 1.58. The summed E-state index contributed by atoms with van der Waals surface area (Å²) in [7, 11) is 0. The number of aryl methyl sites for hydroxylation is 1. The lowest BCUT2D eigenvalue weighted by Crippen LogP contribution is -2.25. The third-order valence-electron chi connectivity index (χ3n) is 4.35. The molecule has 0 aliphatic carbocycles. The van der Waals surface area contributed by atoms with Gasteiger partial charge in [0.1, 0.15) is 0 Å². The lowest BCUT2D eigenvalue weighted by molar-refractivity contribution is -0.384. The van der Waals surface area contributed by atoms with Crippen LogP contribution in [0.1, 0.15) is 21.5 Å². The summed E-state index contributed by atoms with van der Waals surface area (Å²) in [5.41, 5.74) is 2.90. The molecule has 0 unspecified atom stereocenters. The van der Waals surface area contributed by atoms with Gasteiger partial charge < -0.3 is 0 Å². The number of anilines is 1. The van der Waals surface area contributed by atoms with Crippen molar-refractivity contribution in [2.45, 2.75) is 6.92 Å². The smallest absolute Gasteiger partial charge is 0.267 e. The summed E-state index contributed by atoms with van der Waals surface area (Å²) in [5.74, 6) is -0.423. The molecule has 8 heteroatoms. The van der Waals surface area contributed by atoms with E-state index >= 15 is 0 Å². The molecule has 148 valence electrons. The number of hydrogen-bond donors (Lipinski definition) is 0. The summed E-state index contributed by atoms with van der Waals surface area (Å²) < 4.78 is 0.946. The normalized spacial score (nSPS) is 11.1. The Labute approximate surface area is 176 Å². The molecule has 0 aliphatic rings. The summed E-state index contributed by atoms with van der Waals surface area (Å²) >= 11 is 1.36. The Morgan fingerprint density at radius 1 is 1.10 bits per heavy atom. The second-order valence-electron chi connectivity index (χ2n) is 6.54. The second kappa shape index (κ2) is 8.22. The van der Waals surface area contributed by atoms with Gasteiger partial charge in [-0.1, -0.05) is 47.7 Å². The molecule has 0 radical (unpaired) electrons. The monoisotopic (exact) mass is 416 g/mol. The minimum atomic E-state index is -0.505. The minimum Gasteiger partial charge on any atom is -0.267 e. The third-order valence-corrected chi connectivity index (χ3v) is 5.35. The molecule has 1 amide bonds. The first-order valence-electron chi connectivity index (χ1n) is 9.06. The zero-order valence-corrected chi connectivity index (χ0v) is 16.7. The Morgan fingerprint density at radius 3 is 2.53 bits per heavy atom. The lowest BCUT2D eigenvalue weighted by atomic mass is 10.2. The van der Waals surface area contributed by atoms with E-state index < -0.39 is 10.8 Å². The number of hydrogen-bond acceptors (Lipinski definition) is 6. The zero-order valence-electron chi connectivity index (χ0n) is 15.9. The van der Waals surface area contributed by atoms with Crippen molar-refractivity contribution in [1.82, 2.24) is 4.98 Å². The number of hydrazone groups is 1. The van der Waals surface area contributed by atoms with Crippen molar-refractivity contribution in [2.24, 2.45) is 5.10 Å². The SMILES string of the molecule is Cc1ccc2nc(N(/N=C/c3ccccc3)C(=O)c3ccc([N+](=O)[O-])cc3)sc2c1.